The Morgan fingerprint density at radius 2 is 1.84 bits per heavy atom. The van der Waals surface area contributed by atoms with Gasteiger partial charge in [0.25, 0.3) is 5.56 Å². The van der Waals surface area contributed by atoms with E-state index < -0.39 is 5.97 Å². The molecule has 3 rings (SSSR count). The summed E-state index contributed by atoms with van der Waals surface area (Å²) in [5, 5.41) is 9.27. The first-order valence-corrected chi connectivity index (χ1v) is 8.77. The number of pyridine rings is 1. The molecule has 1 aromatic heterocycles. The van der Waals surface area contributed by atoms with Gasteiger partial charge in [-0.25, -0.2) is 4.79 Å². The Kier molecular flexibility index (Phi) is 5.34. The van der Waals surface area contributed by atoms with Gasteiger partial charge in [-0.3, -0.25) is 4.79 Å². The summed E-state index contributed by atoms with van der Waals surface area (Å²) >= 11 is 0. The second-order valence-corrected chi connectivity index (χ2v) is 6.70. The van der Waals surface area contributed by atoms with Gasteiger partial charge in [-0.2, -0.15) is 0 Å². The van der Waals surface area contributed by atoms with E-state index in [1.807, 2.05) is 6.07 Å². The van der Waals surface area contributed by atoms with Crippen molar-refractivity contribution >= 4 is 5.97 Å². The van der Waals surface area contributed by atoms with Crippen LogP contribution < -0.4 is 5.56 Å². The lowest BCUT2D eigenvalue weighted by Crippen LogP contribution is -2.39. The summed E-state index contributed by atoms with van der Waals surface area (Å²) in [4.78, 5) is 26.2. The van der Waals surface area contributed by atoms with Crippen molar-refractivity contribution in [3.63, 3.8) is 0 Å². The number of carboxylic acids is 1. The Labute approximate surface area is 147 Å². The van der Waals surface area contributed by atoms with Gasteiger partial charge < -0.3 is 14.6 Å². The van der Waals surface area contributed by atoms with E-state index in [1.54, 1.807) is 23.8 Å². The number of benzene rings is 1. The minimum atomic E-state index is -1.14. The molecule has 0 radical (unpaired) electrons. The smallest absolute Gasteiger partial charge is 0.341 e. The number of carbonyl (C=O) groups is 1. The zero-order valence-electron chi connectivity index (χ0n) is 14.5. The molecule has 1 aliphatic heterocycles. The van der Waals surface area contributed by atoms with E-state index in [0.717, 1.165) is 38.9 Å². The lowest BCUT2D eigenvalue weighted by Gasteiger charge is -2.33. The van der Waals surface area contributed by atoms with Crippen LogP contribution in [0.25, 0.3) is 0 Å². The first-order valence-electron chi connectivity index (χ1n) is 8.77. The molecule has 0 saturated carbocycles. The lowest BCUT2D eigenvalue weighted by molar-refractivity contribution is 0.0692. The first kappa shape index (κ1) is 17.4. The highest BCUT2D eigenvalue weighted by molar-refractivity contribution is 5.88. The second-order valence-electron chi connectivity index (χ2n) is 6.70. The number of piperidine rings is 1. The van der Waals surface area contributed by atoms with Crippen LogP contribution in [0.3, 0.4) is 0 Å². The van der Waals surface area contributed by atoms with Gasteiger partial charge in [0, 0.05) is 31.9 Å². The van der Waals surface area contributed by atoms with Crippen LogP contribution in [0.4, 0.5) is 0 Å². The Balaban J connectivity index is 1.62. The molecule has 0 spiro atoms. The predicted octanol–water partition coefficient (Wildman–Crippen LogP) is 2.73. The van der Waals surface area contributed by atoms with Crippen LogP contribution in [-0.2, 0) is 6.42 Å². The molecular formula is C20H24N2O3. The van der Waals surface area contributed by atoms with E-state index in [-0.39, 0.29) is 17.2 Å². The summed E-state index contributed by atoms with van der Waals surface area (Å²) in [5.74, 6) is -1.14. The Morgan fingerprint density at radius 1 is 1.16 bits per heavy atom. The summed E-state index contributed by atoms with van der Waals surface area (Å²) < 4.78 is 1.62. The number of aromatic carboxylic acids is 1. The summed E-state index contributed by atoms with van der Waals surface area (Å²) in [7, 11) is 0. The van der Waals surface area contributed by atoms with Crippen molar-refractivity contribution in [1.29, 1.82) is 0 Å². The van der Waals surface area contributed by atoms with Gasteiger partial charge in [0.05, 0.1) is 0 Å². The SMILES string of the molecule is Cc1ccn(C2CCN(CCc3ccccc3)CC2)c(=O)c1C(=O)O. The lowest BCUT2D eigenvalue weighted by atomic mass is 10.0. The highest BCUT2D eigenvalue weighted by Crippen LogP contribution is 2.22. The third-order valence-corrected chi connectivity index (χ3v) is 5.05. The number of carboxylic acid groups (broad SMARTS) is 1. The van der Waals surface area contributed by atoms with Crippen LogP contribution in [0.15, 0.2) is 47.4 Å². The van der Waals surface area contributed by atoms with Gasteiger partial charge in [0.15, 0.2) is 0 Å². The maximum absolute atomic E-state index is 12.5. The van der Waals surface area contributed by atoms with Gasteiger partial charge >= 0.3 is 5.97 Å². The number of aryl methyl sites for hydroxylation is 1. The number of hydrogen-bond acceptors (Lipinski definition) is 3. The van der Waals surface area contributed by atoms with Crippen molar-refractivity contribution in [2.45, 2.75) is 32.2 Å². The van der Waals surface area contributed by atoms with Gasteiger partial charge in [-0.1, -0.05) is 30.3 Å². The average molecular weight is 340 g/mol. The molecule has 5 nitrogen and oxygen atoms in total. The minimum absolute atomic E-state index is 0.0826. The summed E-state index contributed by atoms with van der Waals surface area (Å²) in [6.07, 6.45) is 4.52. The average Bonchev–Trinajstić information content (AvgIpc) is 2.61. The Hall–Kier alpha value is -2.40. The standard InChI is InChI=1S/C20H24N2O3/c1-15-7-14-22(19(23)18(15)20(24)25)17-9-12-21(13-10-17)11-8-16-5-3-2-4-6-16/h2-7,14,17H,8-13H2,1H3,(H,24,25). The van der Waals surface area contributed by atoms with Crippen molar-refractivity contribution in [3.8, 4) is 0 Å². The highest BCUT2D eigenvalue weighted by atomic mass is 16.4. The number of aromatic nitrogens is 1. The molecule has 1 N–H and O–H groups in total. The van der Waals surface area contributed by atoms with Gasteiger partial charge in [-0.15, -0.1) is 0 Å². The molecule has 1 fully saturated rings. The summed E-state index contributed by atoms with van der Waals surface area (Å²) in [6, 6.07) is 12.3. The van der Waals surface area contributed by atoms with E-state index >= 15 is 0 Å². The second kappa shape index (κ2) is 7.66. The van der Waals surface area contributed by atoms with E-state index in [1.165, 1.54) is 5.56 Å². The fourth-order valence-corrected chi connectivity index (χ4v) is 3.54. The fourth-order valence-electron chi connectivity index (χ4n) is 3.54. The number of likely N-dealkylation sites (tertiary alicyclic amines) is 1. The number of rotatable bonds is 5. The molecule has 0 aliphatic carbocycles. The van der Waals surface area contributed by atoms with E-state index in [4.69, 9.17) is 0 Å². The predicted molar refractivity (Wildman–Crippen MR) is 97.3 cm³/mol. The Morgan fingerprint density at radius 3 is 2.48 bits per heavy atom. The monoisotopic (exact) mass is 340 g/mol. The van der Waals surface area contributed by atoms with E-state index in [0.29, 0.717) is 5.56 Å². The molecule has 2 aromatic rings. The number of hydrogen-bond donors (Lipinski definition) is 1. The van der Waals surface area contributed by atoms with Crippen LogP contribution in [0.5, 0.6) is 0 Å². The largest absolute Gasteiger partial charge is 0.477 e. The molecule has 0 bridgehead atoms. The van der Waals surface area contributed by atoms with Gasteiger partial charge in [0.1, 0.15) is 5.56 Å². The third-order valence-electron chi connectivity index (χ3n) is 5.05. The van der Waals surface area contributed by atoms with E-state index in [2.05, 4.69) is 29.2 Å². The van der Waals surface area contributed by atoms with Gasteiger partial charge in [-0.05, 0) is 43.4 Å². The molecule has 0 atom stereocenters. The normalized spacial score (nSPS) is 16.0. The Bertz CT molecular complexity index is 790. The summed E-state index contributed by atoms with van der Waals surface area (Å²) in [6.45, 7) is 4.54. The topological polar surface area (TPSA) is 62.5 Å². The minimum Gasteiger partial charge on any atom is -0.477 e. The highest BCUT2D eigenvalue weighted by Gasteiger charge is 2.23. The molecule has 0 unspecified atom stereocenters. The van der Waals surface area contributed by atoms with Gasteiger partial charge in [0.2, 0.25) is 0 Å². The van der Waals surface area contributed by atoms with Crippen LogP contribution in [0, 0.1) is 6.92 Å². The molecular weight excluding hydrogens is 316 g/mol. The maximum Gasteiger partial charge on any atom is 0.341 e. The molecule has 25 heavy (non-hydrogen) atoms. The van der Waals surface area contributed by atoms with Crippen LogP contribution in [0.1, 0.15) is 40.4 Å². The maximum atomic E-state index is 12.5. The van der Waals surface area contributed by atoms with Crippen molar-refractivity contribution in [1.82, 2.24) is 9.47 Å². The zero-order valence-corrected chi connectivity index (χ0v) is 14.5. The first-order chi connectivity index (χ1) is 12.1. The molecule has 0 amide bonds. The van der Waals surface area contributed by atoms with Crippen molar-refractivity contribution in [2.75, 3.05) is 19.6 Å². The molecule has 1 aromatic carbocycles. The molecule has 1 saturated heterocycles. The molecule has 1 aliphatic rings. The van der Waals surface area contributed by atoms with Crippen LogP contribution in [0.2, 0.25) is 0 Å². The van der Waals surface area contributed by atoms with Crippen molar-refractivity contribution < 1.29 is 9.90 Å². The number of nitrogens with zero attached hydrogens (tertiary/aromatic N) is 2. The quantitative estimate of drug-likeness (QED) is 0.909. The fraction of sp³-hybridized carbons (Fsp3) is 0.400. The summed E-state index contributed by atoms with van der Waals surface area (Å²) in [5.41, 5.74) is 1.38. The third kappa shape index (κ3) is 3.99. The van der Waals surface area contributed by atoms with Crippen molar-refractivity contribution in [2.24, 2.45) is 0 Å². The molecule has 2 heterocycles. The zero-order chi connectivity index (χ0) is 17.8. The molecule has 132 valence electrons. The van der Waals surface area contributed by atoms with Crippen LogP contribution in [-0.4, -0.2) is 40.2 Å². The van der Waals surface area contributed by atoms with E-state index in [9.17, 15) is 14.7 Å². The van der Waals surface area contributed by atoms with Crippen molar-refractivity contribution in [3.05, 3.63) is 69.6 Å². The molecule has 5 heteroatoms. The van der Waals surface area contributed by atoms with Crippen LogP contribution >= 0.6 is 0 Å².